The summed E-state index contributed by atoms with van der Waals surface area (Å²) in [6.07, 6.45) is 0. The molecule has 0 unspecified atom stereocenters. The number of amidine groups is 1. The van der Waals surface area contributed by atoms with E-state index in [1.165, 1.54) is 0 Å². The van der Waals surface area contributed by atoms with Crippen LogP contribution in [0, 0.1) is 0 Å². The van der Waals surface area contributed by atoms with Gasteiger partial charge in [0.05, 0.1) is 23.9 Å². The zero-order valence-electron chi connectivity index (χ0n) is 12.7. The van der Waals surface area contributed by atoms with Gasteiger partial charge in [0, 0.05) is 28.0 Å². The van der Waals surface area contributed by atoms with Gasteiger partial charge in [0.15, 0.2) is 5.17 Å². The second-order valence-corrected chi connectivity index (χ2v) is 7.47. The number of thioether (sulfide) groups is 1. The highest BCUT2D eigenvalue weighted by atomic mass is 35.5. The zero-order chi connectivity index (χ0) is 16.9. The number of hydrogen-bond acceptors (Lipinski definition) is 3. The highest BCUT2D eigenvalue weighted by Crippen LogP contribution is 2.31. The van der Waals surface area contributed by atoms with Gasteiger partial charge in [0.1, 0.15) is 0 Å². The van der Waals surface area contributed by atoms with Crippen molar-refractivity contribution < 1.29 is 4.74 Å². The SMILES string of the molecule is Clc1ccc(SC(=Nc2ccc(Cl)cc2Cl)N2CCOCC2)cc1. The van der Waals surface area contributed by atoms with E-state index in [0.717, 1.165) is 23.2 Å². The highest BCUT2D eigenvalue weighted by molar-refractivity contribution is 8.13. The van der Waals surface area contributed by atoms with Crippen molar-refractivity contribution in [1.29, 1.82) is 0 Å². The minimum absolute atomic E-state index is 0.532. The third-order valence-corrected chi connectivity index (χ3v) is 5.26. The molecule has 0 amide bonds. The largest absolute Gasteiger partial charge is 0.378 e. The molecule has 3 rings (SSSR count). The summed E-state index contributed by atoms with van der Waals surface area (Å²) in [4.78, 5) is 8.03. The van der Waals surface area contributed by atoms with E-state index < -0.39 is 0 Å². The van der Waals surface area contributed by atoms with E-state index in [9.17, 15) is 0 Å². The quantitative estimate of drug-likeness (QED) is 0.363. The molecule has 0 aromatic heterocycles. The van der Waals surface area contributed by atoms with Crippen molar-refractivity contribution in [2.45, 2.75) is 4.90 Å². The lowest BCUT2D eigenvalue weighted by molar-refractivity contribution is 0.0694. The lowest BCUT2D eigenvalue weighted by Gasteiger charge is -2.29. The summed E-state index contributed by atoms with van der Waals surface area (Å²) < 4.78 is 5.44. The fourth-order valence-corrected chi connectivity index (χ4v) is 3.71. The minimum atomic E-state index is 0.532. The number of morpholine rings is 1. The molecule has 0 bridgehead atoms. The van der Waals surface area contributed by atoms with Crippen LogP contribution in [0.25, 0.3) is 0 Å². The van der Waals surface area contributed by atoms with Gasteiger partial charge in [-0.1, -0.05) is 46.6 Å². The Morgan fingerprint density at radius 1 is 0.958 bits per heavy atom. The summed E-state index contributed by atoms with van der Waals surface area (Å²) in [6.45, 7) is 2.97. The van der Waals surface area contributed by atoms with Crippen LogP contribution >= 0.6 is 46.6 Å². The summed E-state index contributed by atoms with van der Waals surface area (Å²) in [5.74, 6) is 0. The summed E-state index contributed by atoms with van der Waals surface area (Å²) in [5.41, 5.74) is 0.698. The van der Waals surface area contributed by atoms with E-state index in [1.807, 2.05) is 30.3 Å². The Hall–Kier alpha value is -0.910. The fourth-order valence-electron chi connectivity index (χ4n) is 2.20. The highest BCUT2D eigenvalue weighted by Gasteiger charge is 2.17. The Morgan fingerprint density at radius 2 is 1.62 bits per heavy atom. The molecule has 0 aliphatic carbocycles. The molecule has 0 atom stereocenters. The number of halogens is 3. The van der Waals surface area contributed by atoms with E-state index in [0.29, 0.717) is 34.0 Å². The number of nitrogens with zero attached hydrogens (tertiary/aromatic N) is 2. The summed E-state index contributed by atoms with van der Waals surface area (Å²) >= 11 is 19.8. The van der Waals surface area contributed by atoms with E-state index >= 15 is 0 Å². The van der Waals surface area contributed by atoms with E-state index in [2.05, 4.69) is 4.90 Å². The predicted octanol–water partition coefficient (Wildman–Crippen LogP) is 5.76. The first kappa shape index (κ1) is 17.9. The average molecular weight is 402 g/mol. The van der Waals surface area contributed by atoms with Gasteiger partial charge in [-0.15, -0.1) is 0 Å². The lowest BCUT2D eigenvalue weighted by Crippen LogP contribution is -2.39. The van der Waals surface area contributed by atoms with Gasteiger partial charge >= 0.3 is 0 Å². The van der Waals surface area contributed by atoms with Crippen LogP contribution in [-0.2, 0) is 4.74 Å². The predicted molar refractivity (Wildman–Crippen MR) is 103 cm³/mol. The van der Waals surface area contributed by atoms with Gasteiger partial charge in [-0.3, -0.25) is 0 Å². The number of ether oxygens (including phenoxy) is 1. The Kier molecular flexibility index (Phi) is 6.31. The molecule has 2 aromatic rings. The van der Waals surface area contributed by atoms with Crippen LogP contribution < -0.4 is 0 Å². The first-order chi connectivity index (χ1) is 11.6. The normalized spacial score (nSPS) is 15.6. The minimum Gasteiger partial charge on any atom is -0.378 e. The van der Waals surface area contributed by atoms with Crippen molar-refractivity contribution in [3.8, 4) is 0 Å². The molecule has 0 N–H and O–H groups in total. The van der Waals surface area contributed by atoms with Crippen LogP contribution in [0.15, 0.2) is 52.4 Å². The van der Waals surface area contributed by atoms with Crippen LogP contribution in [-0.4, -0.2) is 36.4 Å². The number of hydrogen-bond donors (Lipinski definition) is 0. The molecule has 126 valence electrons. The third kappa shape index (κ3) is 4.80. The molecule has 1 saturated heterocycles. The molecular weight excluding hydrogens is 387 g/mol. The molecule has 0 radical (unpaired) electrons. The van der Waals surface area contributed by atoms with Crippen molar-refractivity contribution in [3.63, 3.8) is 0 Å². The first-order valence-electron chi connectivity index (χ1n) is 7.42. The lowest BCUT2D eigenvalue weighted by atomic mass is 10.3. The zero-order valence-corrected chi connectivity index (χ0v) is 15.8. The van der Waals surface area contributed by atoms with Gasteiger partial charge in [-0.05, 0) is 42.5 Å². The van der Waals surface area contributed by atoms with Crippen LogP contribution in [0.2, 0.25) is 15.1 Å². The maximum absolute atomic E-state index is 6.27. The maximum Gasteiger partial charge on any atom is 0.169 e. The number of aliphatic imine (C=N–C) groups is 1. The van der Waals surface area contributed by atoms with Gasteiger partial charge in [0.2, 0.25) is 0 Å². The van der Waals surface area contributed by atoms with Gasteiger partial charge in [-0.25, -0.2) is 4.99 Å². The second kappa shape index (κ2) is 8.45. The molecule has 3 nitrogen and oxygen atoms in total. The van der Waals surface area contributed by atoms with E-state index in [4.69, 9.17) is 44.5 Å². The number of rotatable bonds is 2. The second-order valence-electron chi connectivity index (χ2n) is 5.15. The van der Waals surface area contributed by atoms with Gasteiger partial charge in [0.25, 0.3) is 0 Å². The third-order valence-electron chi connectivity index (χ3n) is 3.43. The van der Waals surface area contributed by atoms with E-state index in [-0.39, 0.29) is 0 Å². The molecule has 1 aliphatic heterocycles. The van der Waals surface area contributed by atoms with Crippen molar-refractivity contribution in [2.24, 2.45) is 4.99 Å². The van der Waals surface area contributed by atoms with Crippen molar-refractivity contribution in [2.75, 3.05) is 26.3 Å². The summed E-state index contributed by atoms with van der Waals surface area (Å²) in [5, 5.41) is 2.72. The first-order valence-corrected chi connectivity index (χ1v) is 9.37. The summed E-state index contributed by atoms with van der Waals surface area (Å²) in [7, 11) is 0. The molecule has 2 aromatic carbocycles. The van der Waals surface area contributed by atoms with Crippen molar-refractivity contribution >= 4 is 57.4 Å². The van der Waals surface area contributed by atoms with Crippen LogP contribution in [0.4, 0.5) is 5.69 Å². The Labute approximate surface area is 160 Å². The van der Waals surface area contributed by atoms with Crippen LogP contribution in [0.1, 0.15) is 0 Å². The smallest absolute Gasteiger partial charge is 0.169 e. The fraction of sp³-hybridized carbons (Fsp3) is 0.235. The molecule has 1 fully saturated rings. The van der Waals surface area contributed by atoms with Gasteiger partial charge < -0.3 is 9.64 Å². The van der Waals surface area contributed by atoms with Crippen LogP contribution in [0.3, 0.4) is 0 Å². The molecule has 0 spiro atoms. The number of benzene rings is 2. The molecule has 1 heterocycles. The van der Waals surface area contributed by atoms with Crippen molar-refractivity contribution in [1.82, 2.24) is 4.90 Å². The van der Waals surface area contributed by atoms with E-state index in [1.54, 1.807) is 23.9 Å². The van der Waals surface area contributed by atoms with Gasteiger partial charge in [-0.2, -0.15) is 0 Å². The Bertz CT molecular complexity index is 731. The molecular formula is C17H15Cl3N2OS. The molecule has 0 saturated carbocycles. The van der Waals surface area contributed by atoms with Crippen LogP contribution in [0.5, 0.6) is 0 Å². The molecule has 1 aliphatic rings. The molecule has 24 heavy (non-hydrogen) atoms. The standard InChI is InChI=1S/C17H15Cl3N2OS/c18-12-1-4-14(5-2-12)24-17(22-7-9-23-10-8-22)21-16-6-3-13(19)11-15(16)20/h1-6,11H,7-10H2. The monoisotopic (exact) mass is 400 g/mol. The van der Waals surface area contributed by atoms with Crippen molar-refractivity contribution in [3.05, 3.63) is 57.5 Å². The molecule has 7 heteroatoms. The Balaban J connectivity index is 1.91. The average Bonchev–Trinajstić information content (AvgIpc) is 2.59. The summed E-state index contributed by atoms with van der Waals surface area (Å²) in [6, 6.07) is 13.0. The topological polar surface area (TPSA) is 24.8 Å². The maximum atomic E-state index is 6.27. The Morgan fingerprint density at radius 3 is 2.29 bits per heavy atom.